The lowest BCUT2D eigenvalue weighted by Crippen LogP contribution is -2.33. The van der Waals surface area contributed by atoms with Crippen molar-refractivity contribution in [2.75, 3.05) is 6.61 Å². The van der Waals surface area contributed by atoms with E-state index < -0.39 is 5.60 Å². The molecular weight excluding hydrogens is 324 g/mol. The van der Waals surface area contributed by atoms with E-state index in [0.717, 1.165) is 42.2 Å². The molecule has 0 bridgehead atoms. The van der Waals surface area contributed by atoms with Crippen LogP contribution < -0.4 is 4.74 Å². The number of unbranched alkanes of at least 4 members (excludes halogenated alkanes) is 1. The normalized spacial score (nSPS) is 12.7. The Bertz CT molecular complexity index is 693. The third kappa shape index (κ3) is 6.05. The summed E-state index contributed by atoms with van der Waals surface area (Å²) in [5, 5.41) is 2.17. The molecule has 2 aromatic carbocycles. The second-order valence-electron chi connectivity index (χ2n) is 6.60. The van der Waals surface area contributed by atoms with Crippen LogP contribution in [0.2, 0.25) is 0 Å². The van der Waals surface area contributed by atoms with E-state index in [1.165, 1.54) is 5.56 Å². The Morgan fingerprint density at radius 1 is 1.04 bits per heavy atom. The highest BCUT2D eigenvalue weighted by Gasteiger charge is 2.26. The molecule has 1 unspecified atom stereocenters. The Kier molecular flexibility index (Phi) is 9.18. The molecule has 0 saturated heterocycles. The highest BCUT2D eigenvalue weighted by Crippen LogP contribution is 2.28. The molecule has 0 aliphatic heterocycles. The maximum Gasteiger partial charge on any atom is 0.344 e. The van der Waals surface area contributed by atoms with Gasteiger partial charge in [0.2, 0.25) is 0 Å². The van der Waals surface area contributed by atoms with Crippen LogP contribution in [0.4, 0.5) is 0 Å². The monoisotopic (exact) mass is 358 g/mol. The molecule has 0 radical (unpaired) electrons. The summed E-state index contributed by atoms with van der Waals surface area (Å²) in [6.07, 6.45) is 3.85. The van der Waals surface area contributed by atoms with Gasteiger partial charge in [0.1, 0.15) is 11.4 Å². The van der Waals surface area contributed by atoms with Crippen molar-refractivity contribution in [3.8, 4) is 5.75 Å². The van der Waals surface area contributed by atoms with Crippen LogP contribution in [0.1, 0.15) is 65.9 Å². The van der Waals surface area contributed by atoms with Gasteiger partial charge in [-0.05, 0) is 50.1 Å². The molecule has 26 heavy (non-hydrogen) atoms. The van der Waals surface area contributed by atoms with Crippen LogP contribution in [-0.2, 0) is 9.53 Å². The van der Waals surface area contributed by atoms with Gasteiger partial charge in [-0.15, -0.1) is 0 Å². The number of ether oxygens (including phenoxy) is 2. The minimum absolute atomic E-state index is 0.0607. The number of benzene rings is 2. The summed E-state index contributed by atoms with van der Waals surface area (Å²) in [6, 6.07) is 12.0. The van der Waals surface area contributed by atoms with E-state index in [0.29, 0.717) is 0 Å². The molecule has 2 rings (SSSR count). The largest absolute Gasteiger partial charge is 0.481 e. The first kappa shape index (κ1) is 22.0. The number of hydrogen-bond acceptors (Lipinski definition) is 3. The molecule has 0 fully saturated rings. The molecule has 0 spiro atoms. The number of carbonyl (C=O) groups is 1. The molecule has 3 nitrogen and oxygen atoms in total. The second kappa shape index (κ2) is 10.8. The van der Waals surface area contributed by atoms with E-state index in [1.54, 1.807) is 0 Å². The first-order chi connectivity index (χ1) is 12.5. The SMILES string of the molecule is CC.CCCCC(C)(CC)OC(=O)COc1cccc2c(C)cccc12. The van der Waals surface area contributed by atoms with Crippen molar-refractivity contribution < 1.29 is 14.3 Å². The lowest BCUT2D eigenvalue weighted by Gasteiger charge is -2.28. The second-order valence-corrected chi connectivity index (χ2v) is 6.60. The van der Waals surface area contributed by atoms with Crippen molar-refractivity contribution in [3.05, 3.63) is 42.0 Å². The van der Waals surface area contributed by atoms with Gasteiger partial charge in [-0.3, -0.25) is 0 Å². The van der Waals surface area contributed by atoms with Crippen LogP contribution in [0.25, 0.3) is 10.8 Å². The third-order valence-corrected chi connectivity index (χ3v) is 4.61. The van der Waals surface area contributed by atoms with Crippen molar-refractivity contribution >= 4 is 16.7 Å². The van der Waals surface area contributed by atoms with Crippen LogP contribution in [0.5, 0.6) is 5.75 Å². The molecular formula is C23H34O3. The van der Waals surface area contributed by atoms with Crippen molar-refractivity contribution in [1.29, 1.82) is 0 Å². The van der Waals surface area contributed by atoms with Gasteiger partial charge < -0.3 is 9.47 Å². The van der Waals surface area contributed by atoms with Gasteiger partial charge in [0.15, 0.2) is 6.61 Å². The fourth-order valence-electron chi connectivity index (χ4n) is 2.86. The molecule has 0 aromatic heterocycles. The number of rotatable bonds is 8. The molecule has 144 valence electrons. The van der Waals surface area contributed by atoms with E-state index >= 15 is 0 Å². The van der Waals surface area contributed by atoms with Crippen molar-refractivity contribution in [3.63, 3.8) is 0 Å². The van der Waals surface area contributed by atoms with Crippen molar-refractivity contribution in [2.45, 2.75) is 72.8 Å². The van der Waals surface area contributed by atoms with Gasteiger partial charge >= 0.3 is 5.97 Å². The average molecular weight is 359 g/mol. The minimum Gasteiger partial charge on any atom is -0.481 e. The van der Waals surface area contributed by atoms with Crippen LogP contribution in [0.3, 0.4) is 0 Å². The number of fused-ring (bicyclic) bond motifs is 1. The highest BCUT2D eigenvalue weighted by atomic mass is 16.6. The first-order valence-electron chi connectivity index (χ1n) is 9.82. The molecule has 3 heteroatoms. The van der Waals surface area contributed by atoms with Gasteiger partial charge in [0.25, 0.3) is 0 Å². The highest BCUT2D eigenvalue weighted by molar-refractivity contribution is 5.91. The van der Waals surface area contributed by atoms with Gasteiger partial charge in [-0.25, -0.2) is 4.79 Å². The van der Waals surface area contributed by atoms with Crippen LogP contribution in [0, 0.1) is 6.92 Å². The van der Waals surface area contributed by atoms with Crippen molar-refractivity contribution in [2.24, 2.45) is 0 Å². The van der Waals surface area contributed by atoms with Gasteiger partial charge in [-0.1, -0.05) is 64.4 Å². The summed E-state index contributed by atoms with van der Waals surface area (Å²) < 4.78 is 11.4. The maximum absolute atomic E-state index is 12.2. The lowest BCUT2D eigenvalue weighted by atomic mass is 9.96. The zero-order valence-electron chi connectivity index (χ0n) is 17.2. The lowest BCUT2D eigenvalue weighted by molar-refractivity contribution is -0.161. The van der Waals surface area contributed by atoms with E-state index in [2.05, 4.69) is 32.9 Å². The fraction of sp³-hybridized carbons (Fsp3) is 0.522. The van der Waals surface area contributed by atoms with Gasteiger partial charge in [0, 0.05) is 5.39 Å². The summed E-state index contributed by atoms with van der Waals surface area (Å²) in [5.41, 5.74) is 0.796. The Hall–Kier alpha value is -2.03. The predicted molar refractivity (Wildman–Crippen MR) is 110 cm³/mol. The number of aryl methyl sites for hydroxylation is 1. The zero-order chi connectivity index (χ0) is 19.6. The average Bonchev–Trinajstić information content (AvgIpc) is 2.67. The third-order valence-electron chi connectivity index (χ3n) is 4.61. The summed E-state index contributed by atoms with van der Waals surface area (Å²) in [7, 11) is 0. The summed E-state index contributed by atoms with van der Waals surface area (Å²) >= 11 is 0. The Labute approximate surface area is 158 Å². The summed E-state index contributed by atoms with van der Waals surface area (Å²) in [6.45, 7) is 12.2. The molecule has 0 aliphatic carbocycles. The standard InChI is InChI=1S/C21H28O3.C2H6/c1-5-7-14-21(4,6-2)24-20(22)15-23-19-13-9-11-17-16(3)10-8-12-18(17)19;1-2/h8-13H,5-7,14-15H2,1-4H3;1-2H3. The zero-order valence-corrected chi connectivity index (χ0v) is 17.2. The van der Waals surface area contributed by atoms with Crippen LogP contribution >= 0.6 is 0 Å². The molecule has 0 N–H and O–H groups in total. The Morgan fingerprint density at radius 3 is 2.35 bits per heavy atom. The van der Waals surface area contributed by atoms with E-state index in [1.807, 2.05) is 45.0 Å². The summed E-state index contributed by atoms with van der Waals surface area (Å²) in [4.78, 5) is 12.2. The minimum atomic E-state index is -0.397. The van der Waals surface area contributed by atoms with E-state index in [-0.39, 0.29) is 12.6 Å². The Morgan fingerprint density at radius 2 is 1.69 bits per heavy atom. The molecule has 1 atom stereocenters. The van der Waals surface area contributed by atoms with Gasteiger partial charge in [-0.2, -0.15) is 0 Å². The smallest absolute Gasteiger partial charge is 0.344 e. The maximum atomic E-state index is 12.2. The fourth-order valence-corrected chi connectivity index (χ4v) is 2.86. The molecule has 0 amide bonds. The predicted octanol–water partition coefficient (Wildman–Crippen LogP) is 6.46. The van der Waals surface area contributed by atoms with Crippen LogP contribution in [-0.4, -0.2) is 18.2 Å². The molecule has 0 aliphatic rings. The molecule has 2 aromatic rings. The Balaban J connectivity index is 0.00000163. The van der Waals surface area contributed by atoms with E-state index in [9.17, 15) is 4.79 Å². The quantitative estimate of drug-likeness (QED) is 0.508. The molecule has 0 heterocycles. The number of esters is 1. The number of carbonyl (C=O) groups excluding carboxylic acids is 1. The number of hydrogen-bond donors (Lipinski definition) is 0. The topological polar surface area (TPSA) is 35.5 Å². The van der Waals surface area contributed by atoms with Crippen LogP contribution in [0.15, 0.2) is 36.4 Å². The van der Waals surface area contributed by atoms with E-state index in [4.69, 9.17) is 9.47 Å². The summed E-state index contributed by atoms with van der Waals surface area (Å²) in [5.74, 6) is 0.417. The molecule has 0 saturated carbocycles. The van der Waals surface area contributed by atoms with Gasteiger partial charge in [0.05, 0.1) is 0 Å². The van der Waals surface area contributed by atoms with Crippen molar-refractivity contribution in [1.82, 2.24) is 0 Å². The first-order valence-corrected chi connectivity index (χ1v) is 9.82.